The van der Waals surface area contributed by atoms with E-state index in [1.54, 1.807) is 0 Å². The maximum atomic E-state index is 12.0. The molecule has 1 aromatic carbocycles. The van der Waals surface area contributed by atoms with E-state index in [1.807, 2.05) is 6.92 Å². The van der Waals surface area contributed by atoms with Gasteiger partial charge in [0.05, 0.1) is 4.90 Å². The number of benzene rings is 1. The van der Waals surface area contributed by atoms with Gasteiger partial charge in [0.2, 0.25) is 10.0 Å². The lowest BCUT2D eigenvalue weighted by molar-refractivity contribution is -0.130. The Morgan fingerprint density at radius 1 is 1.40 bits per heavy atom. The number of esters is 1. The van der Waals surface area contributed by atoms with Crippen LogP contribution >= 0.6 is 0 Å². The normalized spacial score (nSPS) is 11.1. The average molecular weight is 297 g/mol. The Morgan fingerprint density at radius 2 is 2.10 bits per heavy atom. The number of ether oxygens (including phenoxy) is 1. The summed E-state index contributed by atoms with van der Waals surface area (Å²) in [5.74, 6) is -0.408. The van der Waals surface area contributed by atoms with Gasteiger partial charge in [-0.15, -0.1) is 0 Å². The Morgan fingerprint density at radius 3 is 2.70 bits per heavy atom. The van der Waals surface area contributed by atoms with Gasteiger partial charge in [-0.05, 0) is 25.5 Å². The van der Waals surface area contributed by atoms with Crippen LogP contribution in [0, 0.1) is 0 Å². The van der Waals surface area contributed by atoms with E-state index in [4.69, 9.17) is 4.74 Å². The first-order valence-corrected chi connectivity index (χ1v) is 7.82. The molecule has 6 heteroatoms. The lowest BCUT2D eigenvalue weighted by atomic mass is 10.3. The van der Waals surface area contributed by atoms with E-state index in [0.29, 0.717) is 6.54 Å². The molecule has 5 nitrogen and oxygen atoms in total. The van der Waals surface area contributed by atoms with Crippen LogP contribution in [-0.4, -0.2) is 20.9 Å². The summed E-state index contributed by atoms with van der Waals surface area (Å²) in [6, 6.07) is 5.81. The van der Waals surface area contributed by atoms with E-state index in [-0.39, 0.29) is 16.2 Å². The maximum absolute atomic E-state index is 12.0. The fourth-order valence-electron chi connectivity index (χ4n) is 1.37. The second kappa shape index (κ2) is 7.21. The number of carbonyl (C=O) groups excluding carboxylic acids is 1. The van der Waals surface area contributed by atoms with Gasteiger partial charge >= 0.3 is 5.97 Å². The van der Waals surface area contributed by atoms with Gasteiger partial charge in [0.15, 0.2) is 0 Å². The second-order valence-electron chi connectivity index (χ2n) is 4.40. The first-order chi connectivity index (χ1) is 9.36. The zero-order chi connectivity index (χ0) is 15.2. The number of hydrogen-bond acceptors (Lipinski definition) is 4. The van der Waals surface area contributed by atoms with Gasteiger partial charge in [-0.2, -0.15) is 0 Å². The Hall–Kier alpha value is -1.66. The van der Waals surface area contributed by atoms with Gasteiger partial charge in [0.1, 0.15) is 5.75 Å². The van der Waals surface area contributed by atoms with Gasteiger partial charge in [-0.25, -0.2) is 17.9 Å². The number of sulfonamides is 1. The summed E-state index contributed by atoms with van der Waals surface area (Å²) >= 11 is 0. The van der Waals surface area contributed by atoms with Crippen LogP contribution in [0.4, 0.5) is 0 Å². The van der Waals surface area contributed by atoms with Crippen LogP contribution in [0.5, 0.6) is 5.75 Å². The minimum Gasteiger partial charge on any atom is -0.423 e. The van der Waals surface area contributed by atoms with E-state index in [2.05, 4.69) is 11.3 Å². The van der Waals surface area contributed by atoms with Crippen LogP contribution in [-0.2, 0) is 14.8 Å². The van der Waals surface area contributed by atoms with Crippen LogP contribution in [0.2, 0.25) is 0 Å². The zero-order valence-corrected chi connectivity index (χ0v) is 12.5. The molecule has 0 radical (unpaired) electrons. The number of unbranched alkanes of at least 4 members (excludes halogenated alkanes) is 1. The molecule has 20 heavy (non-hydrogen) atoms. The fourth-order valence-corrected chi connectivity index (χ4v) is 2.47. The van der Waals surface area contributed by atoms with Gasteiger partial charge in [-0.3, -0.25) is 0 Å². The van der Waals surface area contributed by atoms with E-state index in [9.17, 15) is 13.2 Å². The van der Waals surface area contributed by atoms with Crippen LogP contribution in [0.25, 0.3) is 0 Å². The molecule has 0 aliphatic heterocycles. The molecule has 1 aromatic rings. The molecule has 0 bridgehead atoms. The van der Waals surface area contributed by atoms with Crippen molar-refractivity contribution in [2.45, 2.75) is 31.6 Å². The van der Waals surface area contributed by atoms with Crippen molar-refractivity contribution in [2.24, 2.45) is 0 Å². The molecule has 0 atom stereocenters. The highest BCUT2D eigenvalue weighted by molar-refractivity contribution is 7.89. The third-order valence-electron chi connectivity index (χ3n) is 2.50. The summed E-state index contributed by atoms with van der Waals surface area (Å²) in [4.78, 5) is 11.5. The Balaban J connectivity index is 2.87. The Kier molecular flexibility index (Phi) is 5.91. The number of nitrogens with one attached hydrogen (secondary N) is 1. The van der Waals surface area contributed by atoms with Gasteiger partial charge in [-0.1, -0.05) is 26.0 Å². The van der Waals surface area contributed by atoms with Gasteiger partial charge in [0, 0.05) is 18.2 Å². The van der Waals surface area contributed by atoms with Crippen molar-refractivity contribution in [3.8, 4) is 5.75 Å². The minimum absolute atomic E-state index is 0.0700. The van der Waals surface area contributed by atoms with Crippen molar-refractivity contribution in [1.82, 2.24) is 4.72 Å². The average Bonchev–Trinajstić information content (AvgIpc) is 2.39. The zero-order valence-electron chi connectivity index (χ0n) is 11.7. The molecule has 0 spiro atoms. The summed E-state index contributed by atoms with van der Waals surface area (Å²) in [5, 5.41) is 0. The smallest absolute Gasteiger partial charge is 0.338 e. The molecule has 1 rings (SSSR count). The van der Waals surface area contributed by atoms with Crippen molar-refractivity contribution in [2.75, 3.05) is 6.54 Å². The molecule has 0 amide bonds. The predicted molar refractivity (Wildman–Crippen MR) is 77.0 cm³/mol. The van der Waals surface area contributed by atoms with E-state index < -0.39 is 16.0 Å². The fraction of sp³-hybridized carbons (Fsp3) is 0.357. The van der Waals surface area contributed by atoms with Crippen LogP contribution in [0.1, 0.15) is 26.7 Å². The SMILES string of the molecule is C=C(C)C(=O)Oc1cccc(S(=O)(=O)NCCCC)c1. The highest BCUT2D eigenvalue weighted by Gasteiger charge is 2.15. The first kappa shape index (κ1) is 16.4. The molecule has 0 unspecified atom stereocenters. The first-order valence-electron chi connectivity index (χ1n) is 6.34. The molecule has 0 heterocycles. The highest BCUT2D eigenvalue weighted by atomic mass is 32.2. The van der Waals surface area contributed by atoms with Crippen molar-refractivity contribution in [1.29, 1.82) is 0 Å². The molecular weight excluding hydrogens is 278 g/mol. The van der Waals surface area contributed by atoms with E-state index in [1.165, 1.54) is 31.2 Å². The summed E-state index contributed by atoms with van der Waals surface area (Å²) in [7, 11) is -3.57. The Bertz CT molecular complexity index is 593. The summed E-state index contributed by atoms with van der Waals surface area (Å²) < 4.78 is 31.5. The monoisotopic (exact) mass is 297 g/mol. The lowest BCUT2D eigenvalue weighted by Crippen LogP contribution is -2.24. The second-order valence-corrected chi connectivity index (χ2v) is 6.16. The molecule has 0 aliphatic carbocycles. The summed E-state index contributed by atoms with van der Waals surface area (Å²) in [5.41, 5.74) is 0.249. The van der Waals surface area contributed by atoms with Crippen molar-refractivity contribution >= 4 is 16.0 Å². The van der Waals surface area contributed by atoms with E-state index in [0.717, 1.165) is 12.8 Å². The number of rotatable bonds is 7. The Labute approximate surface area is 119 Å². The topological polar surface area (TPSA) is 72.5 Å². The van der Waals surface area contributed by atoms with Gasteiger partial charge in [0.25, 0.3) is 0 Å². The predicted octanol–water partition coefficient (Wildman–Crippen LogP) is 2.25. The van der Waals surface area contributed by atoms with Gasteiger partial charge < -0.3 is 4.74 Å². The molecular formula is C14H19NO4S. The molecule has 0 saturated heterocycles. The molecule has 0 saturated carbocycles. The maximum Gasteiger partial charge on any atom is 0.338 e. The number of carbonyl (C=O) groups is 1. The van der Waals surface area contributed by atoms with Crippen molar-refractivity contribution in [3.63, 3.8) is 0 Å². The highest BCUT2D eigenvalue weighted by Crippen LogP contribution is 2.18. The van der Waals surface area contributed by atoms with Crippen molar-refractivity contribution < 1.29 is 17.9 Å². The molecule has 1 N–H and O–H groups in total. The molecule has 110 valence electrons. The molecule has 0 aromatic heterocycles. The molecule has 0 aliphatic rings. The third-order valence-corrected chi connectivity index (χ3v) is 3.96. The quantitative estimate of drug-likeness (QED) is 0.362. The summed E-state index contributed by atoms with van der Waals surface area (Å²) in [6.45, 7) is 7.35. The third kappa shape index (κ3) is 4.79. The van der Waals surface area contributed by atoms with Crippen LogP contribution in [0.3, 0.4) is 0 Å². The standard InChI is InChI=1S/C14H19NO4S/c1-4-5-9-15-20(17,18)13-8-6-7-12(10-13)19-14(16)11(2)3/h6-8,10,15H,2,4-5,9H2,1,3H3. The largest absolute Gasteiger partial charge is 0.423 e. The summed E-state index contributed by atoms with van der Waals surface area (Å²) in [6.07, 6.45) is 1.67. The lowest BCUT2D eigenvalue weighted by Gasteiger charge is -2.08. The van der Waals surface area contributed by atoms with E-state index >= 15 is 0 Å². The van der Waals surface area contributed by atoms with Crippen LogP contribution < -0.4 is 9.46 Å². The van der Waals surface area contributed by atoms with Crippen LogP contribution in [0.15, 0.2) is 41.3 Å². The minimum atomic E-state index is -3.57. The van der Waals surface area contributed by atoms with Crippen molar-refractivity contribution in [3.05, 3.63) is 36.4 Å². The molecule has 0 fully saturated rings. The number of hydrogen-bond donors (Lipinski definition) is 1.